The molecule has 0 bridgehead atoms. The molecule has 2 rings (SSSR count). The Morgan fingerprint density at radius 1 is 1.10 bits per heavy atom. The Kier molecular flexibility index (Phi) is 5.18. The summed E-state index contributed by atoms with van der Waals surface area (Å²) < 4.78 is 2.04. The smallest absolute Gasteiger partial charge is 0.0648 e. The number of aryl methyl sites for hydroxylation is 1. The van der Waals surface area contributed by atoms with Gasteiger partial charge in [0.15, 0.2) is 0 Å². The highest BCUT2D eigenvalue weighted by Crippen LogP contribution is 2.18. The van der Waals surface area contributed by atoms with Crippen LogP contribution < -0.4 is 5.32 Å². The highest BCUT2D eigenvalue weighted by Gasteiger charge is 2.13. The Morgan fingerprint density at radius 3 is 2.38 bits per heavy atom. The van der Waals surface area contributed by atoms with Gasteiger partial charge >= 0.3 is 0 Å². The van der Waals surface area contributed by atoms with Crippen molar-refractivity contribution in [3.05, 3.63) is 47.3 Å². The maximum Gasteiger partial charge on any atom is 0.0648 e. The van der Waals surface area contributed by atoms with Gasteiger partial charge < -0.3 is 5.32 Å². The van der Waals surface area contributed by atoms with Gasteiger partial charge in [-0.15, -0.1) is 0 Å². The van der Waals surface area contributed by atoms with Crippen LogP contribution in [0.25, 0.3) is 5.69 Å². The standard InChI is InChI=1S/C18H27N3/c1-13(2)14(3)11-19-12-18-15(4)20-21(16(18)5)17-9-7-6-8-10-17/h6-10,13-14,19H,11-12H2,1-5H3. The highest BCUT2D eigenvalue weighted by molar-refractivity contribution is 5.36. The lowest BCUT2D eigenvalue weighted by atomic mass is 9.98. The molecule has 0 saturated heterocycles. The summed E-state index contributed by atoms with van der Waals surface area (Å²) in [7, 11) is 0. The SMILES string of the molecule is Cc1nn(-c2ccccc2)c(C)c1CNCC(C)C(C)C. The molecular formula is C18H27N3. The third kappa shape index (κ3) is 3.73. The Morgan fingerprint density at radius 2 is 1.76 bits per heavy atom. The van der Waals surface area contributed by atoms with Crippen LogP contribution in [0.1, 0.15) is 37.7 Å². The number of hydrogen-bond donors (Lipinski definition) is 1. The molecule has 1 atom stereocenters. The number of rotatable bonds is 6. The molecule has 0 spiro atoms. The molecule has 114 valence electrons. The molecule has 1 aromatic carbocycles. The maximum atomic E-state index is 4.69. The Hall–Kier alpha value is -1.61. The highest BCUT2D eigenvalue weighted by atomic mass is 15.3. The largest absolute Gasteiger partial charge is 0.312 e. The molecule has 2 aromatic rings. The molecule has 1 N–H and O–H groups in total. The summed E-state index contributed by atoms with van der Waals surface area (Å²) in [5.41, 5.74) is 4.78. The summed E-state index contributed by atoms with van der Waals surface area (Å²) in [6.07, 6.45) is 0. The molecule has 0 aliphatic rings. The lowest BCUT2D eigenvalue weighted by molar-refractivity contribution is 0.392. The van der Waals surface area contributed by atoms with Gasteiger partial charge in [-0.3, -0.25) is 0 Å². The first-order chi connectivity index (χ1) is 10.0. The van der Waals surface area contributed by atoms with Gasteiger partial charge in [0, 0.05) is 17.8 Å². The summed E-state index contributed by atoms with van der Waals surface area (Å²) in [4.78, 5) is 0. The fourth-order valence-corrected chi connectivity index (χ4v) is 2.41. The zero-order chi connectivity index (χ0) is 15.4. The summed E-state index contributed by atoms with van der Waals surface area (Å²) in [5.74, 6) is 1.40. The third-order valence-corrected chi connectivity index (χ3v) is 4.35. The van der Waals surface area contributed by atoms with Crippen LogP contribution in [0, 0.1) is 25.7 Å². The van der Waals surface area contributed by atoms with Crippen molar-refractivity contribution in [3.63, 3.8) is 0 Å². The van der Waals surface area contributed by atoms with Crippen LogP contribution in [0.2, 0.25) is 0 Å². The zero-order valence-corrected chi connectivity index (χ0v) is 13.9. The van der Waals surface area contributed by atoms with E-state index in [1.807, 2.05) is 22.9 Å². The second-order valence-electron chi connectivity index (χ2n) is 6.25. The number of nitrogens with zero attached hydrogens (tertiary/aromatic N) is 2. The van der Waals surface area contributed by atoms with E-state index in [4.69, 9.17) is 0 Å². The van der Waals surface area contributed by atoms with Gasteiger partial charge in [0.1, 0.15) is 0 Å². The normalized spacial score (nSPS) is 12.9. The van der Waals surface area contributed by atoms with Gasteiger partial charge in [-0.05, 0) is 44.4 Å². The van der Waals surface area contributed by atoms with Crippen LogP contribution in [-0.2, 0) is 6.54 Å². The molecular weight excluding hydrogens is 258 g/mol. The Balaban J connectivity index is 2.10. The molecule has 0 aliphatic heterocycles. The molecule has 0 saturated carbocycles. The molecule has 3 heteroatoms. The molecule has 0 amide bonds. The average Bonchev–Trinajstić information content (AvgIpc) is 2.75. The Bertz CT molecular complexity index is 570. The van der Waals surface area contributed by atoms with Gasteiger partial charge in [0.25, 0.3) is 0 Å². The van der Waals surface area contributed by atoms with E-state index in [1.165, 1.54) is 11.3 Å². The van der Waals surface area contributed by atoms with Crippen molar-refractivity contribution < 1.29 is 0 Å². The topological polar surface area (TPSA) is 29.9 Å². The monoisotopic (exact) mass is 285 g/mol. The first-order valence-corrected chi connectivity index (χ1v) is 7.82. The number of benzene rings is 1. The van der Waals surface area contributed by atoms with Crippen molar-refractivity contribution in [3.8, 4) is 5.69 Å². The van der Waals surface area contributed by atoms with E-state index >= 15 is 0 Å². The second kappa shape index (κ2) is 6.90. The van der Waals surface area contributed by atoms with E-state index in [2.05, 4.69) is 57.2 Å². The van der Waals surface area contributed by atoms with Crippen molar-refractivity contribution in [2.75, 3.05) is 6.54 Å². The van der Waals surface area contributed by atoms with Crippen molar-refractivity contribution in [2.45, 2.75) is 41.2 Å². The predicted octanol–water partition coefficient (Wildman–Crippen LogP) is 3.87. The molecule has 3 nitrogen and oxygen atoms in total. The molecule has 21 heavy (non-hydrogen) atoms. The molecule has 1 unspecified atom stereocenters. The van der Waals surface area contributed by atoms with Crippen molar-refractivity contribution in [1.29, 1.82) is 0 Å². The van der Waals surface area contributed by atoms with Crippen molar-refractivity contribution in [2.24, 2.45) is 11.8 Å². The van der Waals surface area contributed by atoms with Crippen molar-refractivity contribution in [1.82, 2.24) is 15.1 Å². The minimum atomic E-state index is 0.690. The van der Waals surface area contributed by atoms with Gasteiger partial charge in [-0.2, -0.15) is 5.10 Å². The van der Waals surface area contributed by atoms with Crippen molar-refractivity contribution >= 4 is 0 Å². The van der Waals surface area contributed by atoms with E-state index in [-0.39, 0.29) is 0 Å². The van der Waals surface area contributed by atoms with Gasteiger partial charge in [-0.25, -0.2) is 4.68 Å². The van der Waals surface area contributed by atoms with Crippen LogP contribution in [0.5, 0.6) is 0 Å². The minimum absolute atomic E-state index is 0.690. The van der Waals surface area contributed by atoms with Crippen LogP contribution in [-0.4, -0.2) is 16.3 Å². The van der Waals surface area contributed by atoms with Crippen LogP contribution in [0.3, 0.4) is 0 Å². The van der Waals surface area contributed by atoms with Gasteiger partial charge in [0.05, 0.1) is 11.4 Å². The van der Waals surface area contributed by atoms with E-state index < -0.39 is 0 Å². The fraction of sp³-hybridized carbons (Fsp3) is 0.500. The quantitative estimate of drug-likeness (QED) is 0.873. The maximum absolute atomic E-state index is 4.69. The van der Waals surface area contributed by atoms with Gasteiger partial charge in [0.2, 0.25) is 0 Å². The molecule has 0 radical (unpaired) electrons. The first kappa shape index (κ1) is 15.8. The summed E-state index contributed by atoms with van der Waals surface area (Å²) in [6, 6.07) is 10.3. The van der Waals surface area contributed by atoms with Crippen LogP contribution >= 0.6 is 0 Å². The molecule has 1 heterocycles. The lowest BCUT2D eigenvalue weighted by Gasteiger charge is -2.16. The molecule has 1 aromatic heterocycles. The van der Waals surface area contributed by atoms with E-state index in [9.17, 15) is 0 Å². The molecule has 0 aliphatic carbocycles. The number of hydrogen-bond acceptors (Lipinski definition) is 2. The lowest BCUT2D eigenvalue weighted by Crippen LogP contribution is -2.24. The average molecular weight is 285 g/mol. The number of para-hydroxylation sites is 1. The summed E-state index contributed by atoms with van der Waals surface area (Å²) >= 11 is 0. The number of aromatic nitrogens is 2. The number of nitrogens with one attached hydrogen (secondary N) is 1. The predicted molar refractivity (Wildman–Crippen MR) is 88.7 cm³/mol. The Labute approximate surface area is 128 Å². The molecule has 0 fully saturated rings. The third-order valence-electron chi connectivity index (χ3n) is 4.35. The first-order valence-electron chi connectivity index (χ1n) is 7.82. The van der Waals surface area contributed by atoms with E-state index in [0.717, 1.165) is 24.5 Å². The second-order valence-corrected chi connectivity index (χ2v) is 6.25. The van der Waals surface area contributed by atoms with Gasteiger partial charge in [-0.1, -0.05) is 39.0 Å². The summed E-state index contributed by atoms with van der Waals surface area (Å²) in [5, 5.41) is 8.27. The van der Waals surface area contributed by atoms with Crippen LogP contribution in [0.15, 0.2) is 30.3 Å². The van der Waals surface area contributed by atoms with E-state index in [0.29, 0.717) is 11.8 Å². The minimum Gasteiger partial charge on any atom is -0.312 e. The fourth-order valence-electron chi connectivity index (χ4n) is 2.41. The van der Waals surface area contributed by atoms with E-state index in [1.54, 1.807) is 0 Å². The zero-order valence-electron chi connectivity index (χ0n) is 13.9. The summed E-state index contributed by atoms with van der Waals surface area (Å²) in [6.45, 7) is 13.0. The van der Waals surface area contributed by atoms with Crippen LogP contribution in [0.4, 0.5) is 0 Å².